The van der Waals surface area contributed by atoms with Gasteiger partial charge in [0.05, 0.1) is 17.4 Å². The van der Waals surface area contributed by atoms with Crippen molar-refractivity contribution in [3.8, 4) is 0 Å². The van der Waals surface area contributed by atoms with Crippen molar-refractivity contribution in [2.24, 2.45) is 34.0 Å². The standard InChI is InChI=1S/C66H89BN2O/c1-19-44(8)49(21-3)50-37-52-54(65(15,16)34-32-63(52,11)12)39-57(50)68-41-56-58(36-43(6)7)69(48-28-24-46(25-29-48)62(9,10)31-30-42(4)5)60-51-38-53-55(66(17,18)35-33-64(53,13)14)40-59(51)70-61(60)67(56)47-26-22-45(20-2)23-27-47/h19,21-28,37-42,48,52,54,58,68H,1,3,6,20,29-36H2,2,4-5,7-18H3/b49-44+,56-41-. The normalized spacial score (nSPS) is 25.3. The molecule has 1 saturated carbocycles. The molecule has 372 valence electrons. The molecule has 1 N–H and O–H groups in total. The average Bonchev–Trinajstić information content (AvgIpc) is 3.68. The monoisotopic (exact) mass is 937 g/mol. The van der Waals surface area contributed by atoms with Crippen molar-refractivity contribution in [2.45, 2.75) is 185 Å². The first-order chi connectivity index (χ1) is 32.8. The number of benzene rings is 2. The third kappa shape index (κ3) is 9.56. The van der Waals surface area contributed by atoms with E-state index in [1.807, 2.05) is 12.2 Å². The van der Waals surface area contributed by atoms with Crippen molar-refractivity contribution in [3.63, 3.8) is 0 Å². The van der Waals surface area contributed by atoms with E-state index in [2.05, 4.69) is 207 Å². The first-order valence-corrected chi connectivity index (χ1v) is 27.2. The molecule has 2 heterocycles. The van der Waals surface area contributed by atoms with Gasteiger partial charge in [-0.25, -0.2) is 0 Å². The topological polar surface area (TPSA) is 28.4 Å². The van der Waals surface area contributed by atoms with Gasteiger partial charge in [-0.15, -0.1) is 6.58 Å². The Labute approximate surface area is 426 Å². The van der Waals surface area contributed by atoms with Gasteiger partial charge in [0.15, 0.2) is 0 Å². The fraction of sp³-hybridized carbons (Fsp3) is 0.515. The minimum Gasteiger partial charge on any atom is -0.468 e. The number of rotatable bonds is 14. The van der Waals surface area contributed by atoms with Crippen LogP contribution < -0.4 is 21.3 Å². The number of hydrogen-bond acceptors (Lipinski definition) is 3. The molecular formula is C66H89BN2O. The fourth-order valence-electron chi connectivity index (χ4n) is 13.1. The second-order valence-electron chi connectivity index (χ2n) is 26.2. The molecular weight excluding hydrogens is 848 g/mol. The quantitative estimate of drug-likeness (QED) is 0.0992. The zero-order valence-electron chi connectivity index (χ0n) is 46.4. The van der Waals surface area contributed by atoms with E-state index in [1.165, 1.54) is 81.1 Å². The Morgan fingerprint density at radius 1 is 0.886 bits per heavy atom. The molecule has 5 aliphatic rings. The molecule has 1 aliphatic heterocycles. The Kier molecular flexibility index (Phi) is 14.1. The lowest BCUT2D eigenvalue weighted by Gasteiger charge is -2.52. The van der Waals surface area contributed by atoms with Gasteiger partial charge in [-0.05, 0) is 167 Å². The van der Waals surface area contributed by atoms with E-state index >= 15 is 0 Å². The van der Waals surface area contributed by atoms with Crippen LogP contribution in [0.25, 0.3) is 11.0 Å². The van der Waals surface area contributed by atoms with Gasteiger partial charge in [0.25, 0.3) is 6.71 Å². The summed E-state index contributed by atoms with van der Waals surface area (Å²) < 4.78 is 7.58. The summed E-state index contributed by atoms with van der Waals surface area (Å²) in [4.78, 5) is 2.78. The van der Waals surface area contributed by atoms with Gasteiger partial charge in [-0.2, -0.15) is 0 Å². The summed E-state index contributed by atoms with van der Waals surface area (Å²) in [6.45, 7) is 49.1. The Hall–Kier alpha value is -4.70. The largest absolute Gasteiger partial charge is 0.468 e. The number of nitrogens with zero attached hydrogens (tertiary/aromatic N) is 1. The highest BCUT2D eigenvalue weighted by molar-refractivity contribution is 6.92. The third-order valence-electron chi connectivity index (χ3n) is 18.3. The minimum absolute atomic E-state index is 0.00746. The lowest BCUT2D eigenvalue weighted by atomic mass is 9.35. The lowest BCUT2D eigenvalue weighted by molar-refractivity contribution is 0.0320. The molecule has 1 fully saturated rings. The van der Waals surface area contributed by atoms with Crippen molar-refractivity contribution in [1.29, 1.82) is 0 Å². The third-order valence-corrected chi connectivity index (χ3v) is 18.3. The van der Waals surface area contributed by atoms with Crippen LogP contribution in [0, 0.1) is 34.0 Å². The molecule has 0 bridgehead atoms. The second kappa shape index (κ2) is 19.1. The Balaban J connectivity index is 1.39. The molecule has 70 heavy (non-hydrogen) atoms. The molecule has 4 atom stereocenters. The maximum absolute atomic E-state index is 7.58. The number of hydrogen-bond donors (Lipinski definition) is 1. The van der Waals surface area contributed by atoms with Gasteiger partial charge in [0.1, 0.15) is 5.58 Å². The molecule has 4 aliphatic carbocycles. The van der Waals surface area contributed by atoms with Gasteiger partial charge in [0, 0.05) is 22.7 Å². The van der Waals surface area contributed by atoms with Crippen LogP contribution in [0.3, 0.4) is 0 Å². The predicted octanol–water partition coefficient (Wildman–Crippen LogP) is 16.4. The molecule has 0 radical (unpaired) electrons. The maximum Gasteiger partial charge on any atom is 0.290 e. The van der Waals surface area contributed by atoms with Crippen molar-refractivity contribution < 1.29 is 4.42 Å². The first-order valence-electron chi connectivity index (χ1n) is 27.2. The molecule has 0 saturated heterocycles. The van der Waals surface area contributed by atoms with Gasteiger partial charge >= 0.3 is 0 Å². The van der Waals surface area contributed by atoms with E-state index in [0.29, 0.717) is 17.8 Å². The summed E-state index contributed by atoms with van der Waals surface area (Å²) in [5.41, 5.74) is 17.9. The first kappa shape index (κ1) is 51.7. The SMILES string of the molecule is C=C/C(C)=C(\C=C)C1=CC2C(C=C1N/C=C1\B(c3ccc(CC)cc3)c3oc4cc5c(cc4c3N(C3C=CC(C(C)(C)CCC(C)C)=CC3)C1CC(=C)C)C(C)(C)CCC5(C)C)C(C)(C)CCC2(C)C. The van der Waals surface area contributed by atoms with Gasteiger partial charge in [-0.3, -0.25) is 0 Å². The highest BCUT2D eigenvalue weighted by Crippen LogP contribution is 2.57. The Morgan fingerprint density at radius 3 is 2.07 bits per heavy atom. The molecule has 1 aromatic heterocycles. The molecule has 2 aromatic carbocycles. The van der Waals surface area contributed by atoms with E-state index in [9.17, 15) is 0 Å². The zero-order valence-corrected chi connectivity index (χ0v) is 46.4. The number of nitrogens with one attached hydrogen (secondary N) is 1. The van der Waals surface area contributed by atoms with Crippen molar-refractivity contribution >= 4 is 34.5 Å². The Bertz CT molecular complexity index is 2730. The number of furan rings is 1. The Morgan fingerprint density at radius 2 is 1.51 bits per heavy atom. The van der Waals surface area contributed by atoms with E-state index in [-0.39, 0.29) is 45.9 Å². The maximum atomic E-state index is 7.58. The van der Waals surface area contributed by atoms with Gasteiger partial charge in [-0.1, -0.05) is 187 Å². The molecule has 4 unspecified atom stereocenters. The highest BCUT2D eigenvalue weighted by atomic mass is 16.3. The summed E-state index contributed by atoms with van der Waals surface area (Å²) in [6, 6.07) is 14.5. The van der Waals surface area contributed by atoms with Crippen LogP contribution in [-0.2, 0) is 17.3 Å². The van der Waals surface area contributed by atoms with Crippen LogP contribution in [0.15, 0.2) is 148 Å². The van der Waals surface area contributed by atoms with E-state index < -0.39 is 0 Å². The minimum atomic E-state index is -0.133. The molecule has 0 spiro atoms. The molecule has 0 amide bonds. The summed E-state index contributed by atoms with van der Waals surface area (Å²) in [5, 5.41) is 5.39. The van der Waals surface area contributed by atoms with Crippen LogP contribution >= 0.6 is 0 Å². The average molecular weight is 937 g/mol. The van der Waals surface area contributed by atoms with Crippen LogP contribution in [0.1, 0.15) is 172 Å². The van der Waals surface area contributed by atoms with Crippen LogP contribution in [0.4, 0.5) is 5.69 Å². The van der Waals surface area contributed by atoms with E-state index in [4.69, 9.17) is 4.42 Å². The van der Waals surface area contributed by atoms with Crippen LogP contribution in [-0.4, -0.2) is 18.8 Å². The van der Waals surface area contributed by atoms with E-state index in [0.717, 1.165) is 60.2 Å². The highest BCUT2D eigenvalue weighted by Gasteiger charge is 2.50. The summed E-state index contributed by atoms with van der Waals surface area (Å²) in [5.74, 6) is 1.45. The molecule has 4 heteroatoms. The summed E-state index contributed by atoms with van der Waals surface area (Å²) in [6.07, 6.45) is 29.0. The predicted molar refractivity (Wildman–Crippen MR) is 306 cm³/mol. The molecule has 3 aromatic rings. The van der Waals surface area contributed by atoms with Crippen LogP contribution in [0.5, 0.6) is 0 Å². The van der Waals surface area contributed by atoms with E-state index in [1.54, 1.807) is 0 Å². The van der Waals surface area contributed by atoms with Crippen molar-refractivity contribution in [1.82, 2.24) is 5.32 Å². The number of allylic oxidation sites excluding steroid dienone is 8. The van der Waals surface area contributed by atoms with Crippen molar-refractivity contribution in [3.05, 3.63) is 161 Å². The smallest absolute Gasteiger partial charge is 0.290 e. The second-order valence-corrected chi connectivity index (χ2v) is 26.2. The lowest BCUT2D eigenvalue weighted by Crippen LogP contribution is -2.60. The van der Waals surface area contributed by atoms with Gasteiger partial charge in [0.2, 0.25) is 0 Å². The van der Waals surface area contributed by atoms with Crippen LogP contribution in [0.2, 0.25) is 0 Å². The molecule has 3 nitrogen and oxygen atoms in total. The number of aryl methyl sites for hydroxylation is 1. The fourth-order valence-corrected chi connectivity index (χ4v) is 13.1. The summed E-state index contributed by atoms with van der Waals surface area (Å²) in [7, 11) is 0. The molecule has 8 rings (SSSR count). The summed E-state index contributed by atoms with van der Waals surface area (Å²) >= 11 is 0. The van der Waals surface area contributed by atoms with Gasteiger partial charge < -0.3 is 14.6 Å². The number of fused-ring (bicyclic) bond motifs is 5. The van der Waals surface area contributed by atoms with Crippen molar-refractivity contribution in [2.75, 3.05) is 4.90 Å². The zero-order chi connectivity index (χ0) is 50.9. The number of anilines is 1.